The van der Waals surface area contributed by atoms with E-state index >= 15 is 0 Å². The van der Waals surface area contributed by atoms with Crippen LogP contribution in [0.3, 0.4) is 0 Å². The Hall–Kier alpha value is -2.82. The fraction of sp³-hybridized carbons (Fsp3) is 0.176. The summed E-state index contributed by atoms with van der Waals surface area (Å²) in [4.78, 5) is 25.3. The fourth-order valence-corrected chi connectivity index (χ4v) is 2.70. The van der Waals surface area contributed by atoms with Crippen molar-refractivity contribution in [2.45, 2.75) is 18.4 Å². The minimum Gasteiger partial charge on any atom is -0.341 e. The number of hydrogen-bond acceptors (Lipinski definition) is 4. The topological polar surface area (TPSA) is 67.8 Å². The number of para-hydroxylation sites is 1. The summed E-state index contributed by atoms with van der Waals surface area (Å²) in [5.74, 6) is -0.118. The van der Waals surface area contributed by atoms with Crippen LogP contribution in [0.25, 0.3) is 10.9 Å². The number of benzene rings is 1. The first kappa shape index (κ1) is 12.9. The van der Waals surface area contributed by atoms with Crippen molar-refractivity contribution in [3.05, 3.63) is 66.4 Å². The van der Waals surface area contributed by atoms with Crippen molar-refractivity contribution in [2.24, 2.45) is 0 Å². The van der Waals surface area contributed by atoms with E-state index in [0.717, 1.165) is 23.9 Å². The zero-order valence-electron chi connectivity index (χ0n) is 11.9. The maximum Gasteiger partial charge on any atom is 0.254 e. The van der Waals surface area contributed by atoms with Gasteiger partial charge in [-0.25, -0.2) is 9.97 Å². The first-order valence-electron chi connectivity index (χ1n) is 7.21. The molecule has 2 aromatic heterocycles. The lowest BCUT2D eigenvalue weighted by Gasteiger charge is -2.17. The molecule has 4 rings (SSSR count). The van der Waals surface area contributed by atoms with Crippen LogP contribution in [0.4, 0.5) is 0 Å². The summed E-state index contributed by atoms with van der Waals surface area (Å²) in [5.41, 5.74) is 1.83. The Morgan fingerprint density at radius 3 is 2.77 bits per heavy atom. The third-order valence-corrected chi connectivity index (χ3v) is 4.04. The lowest BCUT2D eigenvalue weighted by atomic mass is 10.1. The molecule has 5 heteroatoms. The van der Waals surface area contributed by atoms with E-state index in [4.69, 9.17) is 0 Å². The van der Waals surface area contributed by atoms with E-state index in [1.165, 1.54) is 6.33 Å². The highest BCUT2D eigenvalue weighted by Crippen LogP contribution is 2.44. The van der Waals surface area contributed by atoms with Crippen molar-refractivity contribution in [1.29, 1.82) is 0 Å². The number of rotatable bonds is 3. The van der Waals surface area contributed by atoms with E-state index < -0.39 is 0 Å². The van der Waals surface area contributed by atoms with Crippen LogP contribution in [0, 0.1) is 0 Å². The van der Waals surface area contributed by atoms with Crippen molar-refractivity contribution in [1.82, 2.24) is 20.3 Å². The third-order valence-electron chi connectivity index (χ3n) is 4.04. The van der Waals surface area contributed by atoms with Gasteiger partial charge in [0.15, 0.2) is 0 Å². The Morgan fingerprint density at radius 1 is 1.09 bits per heavy atom. The highest BCUT2D eigenvalue weighted by molar-refractivity contribution is 6.05. The van der Waals surface area contributed by atoms with Gasteiger partial charge in [-0.2, -0.15) is 0 Å². The number of nitrogens with zero attached hydrogens (tertiary/aromatic N) is 3. The van der Waals surface area contributed by atoms with E-state index in [9.17, 15) is 4.79 Å². The van der Waals surface area contributed by atoms with Gasteiger partial charge in [0.1, 0.15) is 6.33 Å². The Bertz CT molecular complexity index is 838. The number of nitrogens with one attached hydrogen (secondary N) is 1. The van der Waals surface area contributed by atoms with E-state index in [1.54, 1.807) is 18.5 Å². The van der Waals surface area contributed by atoms with Crippen LogP contribution in [-0.4, -0.2) is 20.9 Å². The first-order chi connectivity index (χ1) is 10.8. The number of pyridine rings is 1. The minimum atomic E-state index is -0.326. The summed E-state index contributed by atoms with van der Waals surface area (Å²) < 4.78 is 0. The molecule has 1 aromatic carbocycles. The van der Waals surface area contributed by atoms with Crippen molar-refractivity contribution in [3.8, 4) is 0 Å². The molecule has 1 fully saturated rings. The van der Waals surface area contributed by atoms with Gasteiger partial charge in [-0.1, -0.05) is 18.2 Å². The van der Waals surface area contributed by atoms with Crippen LogP contribution in [0.5, 0.6) is 0 Å². The van der Waals surface area contributed by atoms with Gasteiger partial charge in [-0.15, -0.1) is 0 Å². The summed E-state index contributed by atoms with van der Waals surface area (Å²) in [6, 6.07) is 11.3. The van der Waals surface area contributed by atoms with Gasteiger partial charge in [-0.3, -0.25) is 9.78 Å². The molecule has 0 saturated heterocycles. The van der Waals surface area contributed by atoms with Crippen molar-refractivity contribution in [2.75, 3.05) is 0 Å². The van der Waals surface area contributed by atoms with E-state index in [2.05, 4.69) is 20.3 Å². The van der Waals surface area contributed by atoms with Gasteiger partial charge in [0.25, 0.3) is 5.91 Å². The molecule has 1 aliphatic rings. The summed E-state index contributed by atoms with van der Waals surface area (Å²) in [5, 5.41) is 3.99. The molecule has 5 nitrogen and oxygen atoms in total. The van der Waals surface area contributed by atoms with E-state index in [0.29, 0.717) is 11.1 Å². The second-order valence-corrected chi connectivity index (χ2v) is 5.52. The predicted octanol–water partition coefficient (Wildman–Crippen LogP) is 2.44. The average molecular weight is 290 g/mol. The third kappa shape index (κ3) is 2.11. The molecule has 1 saturated carbocycles. The lowest BCUT2D eigenvalue weighted by molar-refractivity contribution is 0.0931. The molecule has 0 atom stereocenters. The SMILES string of the molecule is O=C(NC1(c2ccccn2)CC1)c1cccc2cncnc12. The second-order valence-electron chi connectivity index (χ2n) is 5.52. The van der Waals surface area contributed by atoms with Gasteiger partial charge in [0.05, 0.1) is 22.3 Å². The minimum absolute atomic E-state index is 0.118. The van der Waals surface area contributed by atoms with Crippen LogP contribution in [-0.2, 0) is 5.54 Å². The normalized spacial score (nSPS) is 15.5. The van der Waals surface area contributed by atoms with Gasteiger partial charge in [0, 0.05) is 17.8 Å². The molecule has 2 heterocycles. The van der Waals surface area contributed by atoms with Gasteiger partial charge < -0.3 is 5.32 Å². The van der Waals surface area contributed by atoms with Crippen LogP contribution in [0.2, 0.25) is 0 Å². The number of amides is 1. The first-order valence-corrected chi connectivity index (χ1v) is 7.21. The van der Waals surface area contributed by atoms with Crippen molar-refractivity contribution in [3.63, 3.8) is 0 Å². The van der Waals surface area contributed by atoms with Crippen LogP contribution >= 0.6 is 0 Å². The summed E-state index contributed by atoms with van der Waals surface area (Å²) in [6.07, 6.45) is 6.76. The number of aromatic nitrogens is 3. The van der Waals surface area contributed by atoms with Crippen LogP contribution in [0.15, 0.2) is 55.1 Å². The molecule has 0 aliphatic heterocycles. The largest absolute Gasteiger partial charge is 0.341 e. The summed E-state index contributed by atoms with van der Waals surface area (Å²) >= 11 is 0. The molecule has 0 radical (unpaired) electrons. The predicted molar refractivity (Wildman–Crippen MR) is 82.2 cm³/mol. The molecule has 1 aliphatic carbocycles. The maximum absolute atomic E-state index is 12.7. The molecule has 22 heavy (non-hydrogen) atoms. The van der Waals surface area contributed by atoms with Crippen LogP contribution in [0.1, 0.15) is 28.9 Å². The Morgan fingerprint density at radius 2 is 2.00 bits per heavy atom. The summed E-state index contributed by atoms with van der Waals surface area (Å²) in [7, 11) is 0. The van der Waals surface area contributed by atoms with Crippen LogP contribution < -0.4 is 5.32 Å². The molecule has 3 aromatic rings. The van der Waals surface area contributed by atoms with E-state index in [-0.39, 0.29) is 11.4 Å². The number of carbonyl (C=O) groups excluding carboxylic acids is 1. The van der Waals surface area contributed by atoms with Gasteiger partial charge in [0.2, 0.25) is 0 Å². The number of carbonyl (C=O) groups is 1. The Kier molecular flexibility index (Phi) is 2.85. The lowest BCUT2D eigenvalue weighted by Crippen LogP contribution is -2.35. The molecule has 0 bridgehead atoms. The quantitative estimate of drug-likeness (QED) is 0.804. The summed E-state index contributed by atoms with van der Waals surface area (Å²) in [6.45, 7) is 0. The highest BCUT2D eigenvalue weighted by atomic mass is 16.1. The van der Waals surface area contributed by atoms with Gasteiger partial charge in [-0.05, 0) is 31.0 Å². The zero-order valence-corrected chi connectivity index (χ0v) is 11.9. The highest BCUT2D eigenvalue weighted by Gasteiger charge is 2.47. The monoisotopic (exact) mass is 290 g/mol. The average Bonchev–Trinajstić information content (AvgIpc) is 3.36. The van der Waals surface area contributed by atoms with Gasteiger partial charge >= 0.3 is 0 Å². The Labute approximate surface area is 127 Å². The molecule has 0 unspecified atom stereocenters. The zero-order chi connectivity index (χ0) is 15.0. The second kappa shape index (κ2) is 4.87. The molecule has 0 spiro atoms. The van der Waals surface area contributed by atoms with E-state index in [1.807, 2.05) is 30.3 Å². The maximum atomic E-state index is 12.7. The molecular weight excluding hydrogens is 276 g/mol. The molecule has 108 valence electrons. The van der Waals surface area contributed by atoms with Crippen molar-refractivity contribution < 1.29 is 4.79 Å². The molecular formula is C17H14N4O. The molecule has 1 N–H and O–H groups in total. The standard InChI is InChI=1S/C17H14N4O/c22-16(13-5-3-4-12-10-18-11-20-15(12)13)21-17(7-8-17)14-6-1-2-9-19-14/h1-6,9-11H,7-8H2,(H,21,22). The molecule has 1 amide bonds. The smallest absolute Gasteiger partial charge is 0.254 e. The van der Waals surface area contributed by atoms with Crippen molar-refractivity contribution >= 4 is 16.8 Å². The Balaban J connectivity index is 1.68. The fourth-order valence-electron chi connectivity index (χ4n) is 2.70. The number of fused-ring (bicyclic) bond motifs is 1. The number of hydrogen-bond donors (Lipinski definition) is 1.